The number of rotatable bonds is 4. The summed E-state index contributed by atoms with van der Waals surface area (Å²) >= 11 is 5.07. The van der Waals surface area contributed by atoms with E-state index in [4.69, 9.17) is 22.7 Å². The predicted octanol–water partition coefficient (Wildman–Crippen LogP) is 3.42. The minimum absolute atomic E-state index is 0.387. The van der Waals surface area contributed by atoms with Crippen molar-refractivity contribution in [1.82, 2.24) is 0 Å². The summed E-state index contributed by atoms with van der Waals surface area (Å²) in [5.74, 6) is 0.663. The average molecular weight is 263 g/mol. The lowest BCUT2D eigenvalue weighted by Crippen LogP contribution is -2.25. The smallest absolute Gasteiger partial charge is 0.104 e. The van der Waals surface area contributed by atoms with Gasteiger partial charge in [-0.3, -0.25) is 0 Å². The third-order valence-electron chi connectivity index (χ3n) is 3.77. The van der Waals surface area contributed by atoms with Gasteiger partial charge >= 0.3 is 0 Å². The first-order valence-corrected chi connectivity index (χ1v) is 7.08. The molecule has 0 amide bonds. The maximum atomic E-state index is 6.06. The van der Waals surface area contributed by atoms with Crippen LogP contribution in [0.3, 0.4) is 0 Å². The molecule has 2 nitrogen and oxygen atoms in total. The molecule has 18 heavy (non-hydrogen) atoms. The molecule has 1 aliphatic carbocycles. The monoisotopic (exact) mass is 263 g/mol. The topological polar surface area (TPSA) is 35.2 Å². The molecule has 1 aliphatic rings. The van der Waals surface area contributed by atoms with Gasteiger partial charge in [-0.25, -0.2) is 0 Å². The van der Waals surface area contributed by atoms with Crippen LogP contribution in [0.1, 0.15) is 43.7 Å². The molecule has 2 unspecified atom stereocenters. The van der Waals surface area contributed by atoms with Gasteiger partial charge in [0.2, 0.25) is 0 Å². The van der Waals surface area contributed by atoms with Gasteiger partial charge in [-0.2, -0.15) is 0 Å². The van der Waals surface area contributed by atoms with E-state index < -0.39 is 0 Å². The molecule has 2 atom stereocenters. The number of ether oxygens (including phenoxy) is 1. The van der Waals surface area contributed by atoms with Crippen molar-refractivity contribution < 1.29 is 4.74 Å². The third kappa shape index (κ3) is 3.30. The molecule has 0 aliphatic heterocycles. The fourth-order valence-electron chi connectivity index (χ4n) is 2.61. The Labute approximate surface area is 115 Å². The van der Waals surface area contributed by atoms with Crippen LogP contribution >= 0.6 is 12.2 Å². The SMILES string of the molecule is CC1CCCCC1OCc1ccccc1C(N)=S. The number of hydrogen-bond acceptors (Lipinski definition) is 2. The standard InChI is InChI=1S/C15H21NOS/c1-11-6-2-5-9-14(11)17-10-12-7-3-4-8-13(12)15(16)18/h3-4,7-8,11,14H,2,5-6,9-10H2,1H3,(H2,16,18). The van der Waals surface area contributed by atoms with E-state index in [1.54, 1.807) is 0 Å². The maximum Gasteiger partial charge on any atom is 0.104 e. The molecular formula is C15H21NOS. The summed E-state index contributed by atoms with van der Waals surface area (Å²) < 4.78 is 6.06. The quantitative estimate of drug-likeness (QED) is 0.845. The van der Waals surface area contributed by atoms with Crippen molar-refractivity contribution in [2.24, 2.45) is 11.7 Å². The second-order valence-corrected chi connectivity index (χ2v) is 5.57. The fraction of sp³-hybridized carbons (Fsp3) is 0.533. The molecule has 0 saturated heterocycles. The van der Waals surface area contributed by atoms with E-state index in [9.17, 15) is 0 Å². The van der Waals surface area contributed by atoms with Gasteiger partial charge in [0.05, 0.1) is 12.7 Å². The number of benzene rings is 1. The van der Waals surface area contributed by atoms with E-state index in [1.807, 2.05) is 24.3 Å². The van der Waals surface area contributed by atoms with Crippen LogP contribution in [0.25, 0.3) is 0 Å². The van der Waals surface area contributed by atoms with Gasteiger partial charge in [0.1, 0.15) is 4.99 Å². The first-order chi connectivity index (χ1) is 8.68. The Hall–Kier alpha value is -0.930. The second-order valence-electron chi connectivity index (χ2n) is 5.13. The van der Waals surface area contributed by atoms with Gasteiger partial charge in [-0.15, -0.1) is 0 Å². The van der Waals surface area contributed by atoms with Crippen molar-refractivity contribution in [1.29, 1.82) is 0 Å². The Bertz CT molecular complexity index is 419. The van der Waals surface area contributed by atoms with Gasteiger partial charge in [0.25, 0.3) is 0 Å². The van der Waals surface area contributed by atoms with Crippen LogP contribution in [0.15, 0.2) is 24.3 Å². The summed E-state index contributed by atoms with van der Waals surface area (Å²) in [6.45, 7) is 2.89. The molecule has 0 heterocycles. The lowest BCUT2D eigenvalue weighted by atomic mass is 9.88. The van der Waals surface area contributed by atoms with E-state index in [1.165, 1.54) is 25.7 Å². The molecule has 1 saturated carbocycles. The summed E-state index contributed by atoms with van der Waals surface area (Å²) in [4.78, 5) is 0.450. The van der Waals surface area contributed by atoms with Crippen molar-refractivity contribution in [3.63, 3.8) is 0 Å². The van der Waals surface area contributed by atoms with Crippen molar-refractivity contribution in [3.05, 3.63) is 35.4 Å². The average Bonchev–Trinajstić information content (AvgIpc) is 2.38. The Morgan fingerprint density at radius 3 is 2.78 bits per heavy atom. The molecule has 98 valence electrons. The number of hydrogen-bond donors (Lipinski definition) is 1. The molecule has 0 aromatic heterocycles. The van der Waals surface area contributed by atoms with Crippen LogP contribution < -0.4 is 5.73 Å². The molecule has 0 radical (unpaired) electrons. The van der Waals surface area contributed by atoms with E-state index in [0.717, 1.165) is 11.1 Å². The Morgan fingerprint density at radius 2 is 2.06 bits per heavy atom. The number of nitrogens with two attached hydrogens (primary N) is 1. The summed E-state index contributed by atoms with van der Waals surface area (Å²) in [7, 11) is 0. The minimum atomic E-state index is 0.387. The Morgan fingerprint density at radius 1 is 1.33 bits per heavy atom. The molecule has 1 aromatic rings. The van der Waals surface area contributed by atoms with E-state index in [-0.39, 0.29) is 0 Å². The predicted molar refractivity (Wildman–Crippen MR) is 78.5 cm³/mol. The zero-order valence-electron chi connectivity index (χ0n) is 10.9. The summed E-state index contributed by atoms with van der Waals surface area (Å²) in [5, 5.41) is 0. The van der Waals surface area contributed by atoms with Gasteiger partial charge in [0.15, 0.2) is 0 Å². The van der Waals surface area contributed by atoms with Gasteiger partial charge in [0, 0.05) is 5.56 Å². The van der Waals surface area contributed by atoms with E-state index >= 15 is 0 Å². The van der Waals surface area contributed by atoms with Crippen molar-refractivity contribution in [2.75, 3.05) is 0 Å². The van der Waals surface area contributed by atoms with Crippen LogP contribution in [0, 0.1) is 5.92 Å². The minimum Gasteiger partial charge on any atom is -0.389 e. The van der Waals surface area contributed by atoms with Crippen LogP contribution in [0.5, 0.6) is 0 Å². The highest BCUT2D eigenvalue weighted by atomic mass is 32.1. The van der Waals surface area contributed by atoms with Gasteiger partial charge < -0.3 is 10.5 Å². The Balaban J connectivity index is 1.99. The lowest BCUT2D eigenvalue weighted by molar-refractivity contribution is -0.0155. The van der Waals surface area contributed by atoms with Crippen molar-refractivity contribution >= 4 is 17.2 Å². The van der Waals surface area contributed by atoms with Crippen LogP contribution in [0.4, 0.5) is 0 Å². The summed E-state index contributed by atoms with van der Waals surface area (Å²) in [6, 6.07) is 7.97. The van der Waals surface area contributed by atoms with E-state index in [0.29, 0.717) is 23.6 Å². The molecular weight excluding hydrogens is 242 g/mol. The largest absolute Gasteiger partial charge is 0.389 e. The molecule has 1 aromatic carbocycles. The fourth-order valence-corrected chi connectivity index (χ4v) is 2.81. The molecule has 3 heteroatoms. The van der Waals surface area contributed by atoms with Crippen molar-refractivity contribution in [3.8, 4) is 0 Å². The highest BCUT2D eigenvalue weighted by Gasteiger charge is 2.22. The second kappa shape index (κ2) is 6.30. The zero-order valence-corrected chi connectivity index (χ0v) is 11.7. The molecule has 0 spiro atoms. The summed E-state index contributed by atoms with van der Waals surface area (Å²) in [5.41, 5.74) is 7.77. The first kappa shape index (κ1) is 13.5. The lowest BCUT2D eigenvalue weighted by Gasteiger charge is -2.29. The van der Waals surface area contributed by atoms with Gasteiger partial charge in [-0.05, 0) is 24.3 Å². The number of thiocarbonyl (C=S) groups is 1. The molecule has 0 bridgehead atoms. The normalized spacial score (nSPS) is 23.8. The van der Waals surface area contributed by atoms with E-state index in [2.05, 4.69) is 6.92 Å². The highest BCUT2D eigenvalue weighted by molar-refractivity contribution is 7.80. The summed E-state index contributed by atoms with van der Waals surface area (Å²) in [6.07, 6.45) is 5.47. The van der Waals surface area contributed by atoms with Gasteiger partial charge in [-0.1, -0.05) is 56.2 Å². The highest BCUT2D eigenvalue weighted by Crippen LogP contribution is 2.27. The maximum absolute atomic E-state index is 6.06. The molecule has 1 fully saturated rings. The molecule has 2 rings (SSSR count). The van der Waals surface area contributed by atoms with Crippen LogP contribution in [-0.2, 0) is 11.3 Å². The Kier molecular flexibility index (Phi) is 4.72. The van der Waals surface area contributed by atoms with Crippen LogP contribution in [0.2, 0.25) is 0 Å². The molecule has 2 N–H and O–H groups in total. The van der Waals surface area contributed by atoms with Crippen molar-refractivity contribution in [2.45, 2.75) is 45.3 Å². The third-order valence-corrected chi connectivity index (χ3v) is 3.99. The zero-order chi connectivity index (χ0) is 13.0. The van der Waals surface area contributed by atoms with Crippen LogP contribution in [-0.4, -0.2) is 11.1 Å². The first-order valence-electron chi connectivity index (χ1n) is 6.68.